The maximum Gasteiger partial charge on any atom is 0.282 e. The van der Waals surface area contributed by atoms with Gasteiger partial charge >= 0.3 is 0 Å². The summed E-state index contributed by atoms with van der Waals surface area (Å²) in [6.45, 7) is 2.51. The Bertz CT molecular complexity index is 1310. The Morgan fingerprint density at radius 1 is 0.909 bits per heavy atom. The number of benzene rings is 3. The number of carbonyl (C=O) groups excluding carboxylic acids is 2. The predicted molar refractivity (Wildman–Crippen MR) is 131 cm³/mol. The molecule has 2 heterocycles. The van der Waals surface area contributed by atoms with E-state index in [4.69, 9.17) is 16.3 Å². The van der Waals surface area contributed by atoms with Crippen LogP contribution in [0, 0.1) is 6.92 Å². The van der Waals surface area contributed by atoms with E-state index in [1.54, 1.807) is 25.3 Å². The Hall–Kier alpha value is -3.57. The number of fused-ring (bicyclic) bond motifs is 1. The molecule has 3 aromatic rings. The number of aryl methyl sites for hydroxylation is 2. The SMILES string of the molecule is COc1ccccc1C1=C(N2CCCc3ccccc32)C(=O)N(c2cc(Cl)ccc2C)C1=O. The van der Waals surface area contributed by atoms with Crippen molar-refractivity contribution in [1.82, 2.24) is 0 Å². The number of methoxy groups -OCH3 is 1. The molecule has 33 heavy (non-hydrogen) atoms. The van der Waals surface area contributed by atoms with Gasteiger partial charge in [0.05, 0.1) is 18.4 Å². The van der Waals surface area contributed by atoms with Gasteiger partial charge < -0.3 is 9.64 Å². The van der Waals surface area contributed by atoms with Crippen LogP contribution in [0.25, 0.3) is 5.57 Å². The zero-order valence-corrected chi connectivity index (χ0v) is 19.2. The number of hydrogen-bond acceptors (Lipinski definition) is 4. The highest BCUT2D eigenvalue weighted by Gasteiger charge is 2.44. The third-order valence-electron chi connectivity index (χ3n) is 6.23. The summed E-state index contributed by atoms with van der Waals surface area (Å²) in [6, 6.07) is 20.6. The van der Waals surface area contributed by atoms with Crippen LogP contribution in [-0.2, 0) is 16.0 Å². The summed E-state index contributed by atoms with van der Waals surface area (Å²) >= 11 is 6.25. The minimum Gasteiger partial charge on any atom is -0.496 e. The average molecular weight is 459 g/mol. The fourth-order valence-electron chi connectivity index (χ4n) is 4.67. The Balaban J connectivity index is 1.75. The molecular weight excluding hydrogens is 436 g/mol. The lowest BCUT2D eigenvalue weighted by Crippen LogP contribution is -2.37. The van der Waals surface area contributed by atoms with Crippen LogP contribution in [0.15, 0.2) is 72.4 Å². The molecule has 0 aromatic heterocycles. The average Bonchev–Trinajstić information content (AvgIpc) is 3.09. The quantitative estimate of drug-likeness (QED) is 0.491. The molecule has 0 bridgehead atoms. The molecule has 0 unspecified atom stereocenters. The second kappa shape index (κ2) is 8.41. The molecule has 0 saturated carbocycles. The van der Waals surface area contributed by atoms with Gasteiger partial charge in [-0.25, -0.2) is 4.90 Å². The molecule has 5 nitrogen and oxygen atoms in total. The molecule has 0 atom stereocenters. The summed E-state index contributed by atoms with van der Waals surface area (Å²) in [4.78, 5) is 31.2. The molecule has 2 amide bonds. The van der Waals surface area contributed by atoms with E-state index in [0.29, 0.717) is 39.8 Å². The first-order chi connectivity index (χ1) is 16.0. The van der Waals surface area contributed by atoms with Crippen LogP contribution < -0.4 is 14.5 Å². The monoisotopic (exact) mass is 458 g/mol. The van der Waals surface area contributed by atoms with Gasteiger partial charge in [-0.2, -0.15) is 0 Å². The number of hydrogen-bond donors (Lipinski definition) is 0. The first-order valence-corrected chi connectivity index (χ1v) is 11.3. The van der Waals surface area contributed by atoms with Crippen molar-refractivity contribution in [1.29, 1.82) is 0 Å². The minimum atomic E-state index is -0.382. The maximum absolute atomic E-state index is 14.0. The van der Waals surface area contributed by atoms with Crippen molar-refractivity contribution in [3.63, 3.8) is 0 Å². The van der Waals surface area contributed by atoms with Crippen LogP contribution in [0.3, 0.4) is 0 Å². The van der Waals surface area contributed by atoms with E-state index in [2.05, 4.69) is 6.07 Å². The van der Waals surface area contributed by atoms with Gasteiger partial charge in [0.25, 0.3) is 11.8 Å². The third-order valence-corrected chi connectivity index (χ3v) is 6.46. The normalized spacial score (nSPS) is 15.8. The molecule has 3 aromatic carbocycles. The molecule has 0 N–H and O–H groups in total. The van der Waals surface area contributed by atoms with Crippen molar-refractivity contribution in [2.45, 2.75) is 19.8 Å². The summed E-state index contributed by atoms with van der Waals surface area (Å²) in [5.74, 6) is -0.197. The van der Waals surface area contributed by atoms with Crippen molar-refractivity contribution >= 4 is 40.4 Å². The van der Waals surface area contributed by atoms with Crippen LogP contribution in [-0.4, -0.2) is 25.5 Å². The number of ether oxygens (including phenoxy) is 1. The van der Waals surface area contributed by atoms with Crippen molar-refractivity contribution in [2.75, 3.05) is 23.5 Å². The summed E-state index contributed by atoms with van der Waals surface area (Å²) in [5.41, 5.74) is 4.71. The fourth-order valence-corrected chi connectivity index (χ4v) is 4.84. The lowest BCUT2D eigenvalue weighted by atomic mass is 9.98. The van der Waals surface area contributed by atoms with Crippen molar-refractivity contribution in [3.8, 4) is 5.75 Å². The zero-order valence-electron chi connectivity index (χ0n) is 18.5. The fraction of sp³-hybridized carbons (Fsp3) is 0.185. The Morgan fingerprint density at radius 3 is 2.48 bits per heavy atom. The topological polar surface area (TPSA) is 49.9 Å². The zero-order chi connectivity index (χ0) is 23.1. The van der Waals surface area contributed by atoms with E-state index in [1.165, 1.54) is 4.90 Å². The second-order valence-electron chi connectivity index (χ2n) is 8.18. The maximum atomic E-state index is 14.0. The van der Waals surface area contributed by atoms with Crippen LogP contribution >= 0.6 is 11.6 Å². The second-order valence-corrected chi connectivity index (χ2v) is 8.62. The smallest absolute Gasteiger partial charge is 0.282 e. The van der Waals surface area contributed by atoms with Crippen LogP contribution in [0.4, 0.5) is 11.4 Å². The standard InChI is InChI=1S/C27H23ClN2O3/c1-17-13-14-19(28)16-22(17)30-26(31)24(20-10-4-6-12-23(20)33-2)25(27(30)32)29-15-7-9-18-8-3-5-11-21(18)29/h3-6,8,10-14,16H,7,9,15H2,1-2H3. The summed E-state index contributed by atoms with van der Waals surface area (Å²) in [7, 11) is 1.56. The van der Waals surface area contributed by atoms with Crippen LogP contribution in [0.2, 0.25) is 5.02 Å². The van der Waals surface area contributed by atoms with Gasteiger partial charge in [-0.05, 0) is 55.2 Å². The highest BCUT2D eigenvalue weighted by molar-refractivity contribution is 6.47. The first-order valence-electron chi connectivity index (χ1n) is 10.9. The Morgan fingerprint density at radius 2 is 1.67 bits per heavy atom. The van der Waals surface area contributed by atoms with Gasteiger partial charge in [0.15, 0.2) is 0 Å². The van der Waals surface area contributed by atoms with E-state index in [-0.39, 0.29) is 11.8 Å². The number of nitrogens with zero attached hydrogens (tertiary/aromatic N) is 2. The predicted octanol–water partition coefficient (Wildman–Crippen LogP) is 5.39. The minimum absolute atomic E-state index is 0.341. The lowest BCUT2D eigenvalue weighted by Gasteiger charge is -2.32. The van der Waals surface area contributed by atoms with Gasteiger partial charge in [-0.15, -0.1) is 0 Å². The van der Waals surface area contributed by atoms with E-state index in [1.807, 2.05) is 54.3 Å². The van der Waals surface area contributed by atoms with E-state index < -0.39 is 0 Å². The van der Waals surface area contributed by atoms with E-state index >= 15 is 0 Å². The van der Waals surface area contributed by atoms with Crippen LogP contribution in [0.5, 0.6) is 5.75 Å². The molecule has 2 aliphatic rings. The Labute approximate surface area is 197 Å². The summed E-state index contributed by atoms with van der Waals surface area (Å²) in [6.07, 6.45) is 1.82. The van der Waals surface area contributed by atoms with Gasteiger partial charge in [0.2, 0.25) is 0 Å². The van der Waals surface area contributed by atoms with Crippen molar-refractivity contribution in [3.05, 3.63) is 94.1 Å². The number of anilines is 2. The van der Waals surface area contributed by atoms with Crippen molar-refractivity contribution in [2.24, 2.45) is 0 Å². The van der Waals surface area contributed by atoms with E-state index in [9.17, 15) is 9.59 Å². The van der Waals surface area contributed by atoms with Gasteiger partial charge in [0, 0.05) is 22.8 Å². The molecule has 0 fully saturated rings. The first kappa shape index (κ1) is 21.3. The van der Waals surface area contributed by atoms with Gasteiger partial charge in [-0.3, -0.25) is 9.59 Å². The third kappa shape index (κ3) is 3.49. The summed E-state index contributed by atoms with van der Waals surface area (Å²) in [5, 5.41) is 0.465. The number of halogens is 1. The number of rotatable bonds is 4. The van der Waals surface area contributed by atoms with Gasteiger partial charge in [0.1, 0.15) is 11.4 Å². The molecule has 0 aliphatic carbocycles. The molecular formula is C27H23ClN2O3. The Kier molecular flexibility index (Phi) is 5.43. The number of imide groups is 1. The molecule has 0 radical (unpaired) electrons. The van der Waals surface area contributed by atoms with Crippen LogP contribution in [0.1, 0.15) is 23.1 Å². The van der Waals surface area contributed by atoms with Gasteiger partial charge in [-0.1, -0.05) is 54.1 Å². The number of para-hydroxylation sites is 2. The van der Waals surface area contributed by atoms with E-state index in [0.717, 1.165) is 29.7 Å². The molecule has 2 aliphatic heterocycles. The molecule has 6 heteroatoms. The summed E-state index contributed by atoms with van der Waals surface area (Å²) < 4.78 is 5.57. The number of carbonyl (C=O) groups is 2. The highest BCUT2D eigenvalue weighted by Crippen LogP contribution is 2.42. The molecule has 0 saturated heterocycles. The molecule has 0 spiro atoms. The lowest BCUT2D eigenvalue weighted by molar-refractivity contribution is -0.120. The molecule has 166 valence electrons. The van der Waals surface area contributed by atoms with Crippen molar-refractivity contribution < 1.29 is 14.3 Å². The molecule has 5 rings (SSSR count). The largest absolute Gasteiger partial charge is 0.496 e. The number of amides is 2. The highest BCUT2D eigenvalue weighted by atomic mass is 35.5.